The largest absolute Gasteiger partial charge is 0.466 e. The van der Waals surface area contributed by atoms with E-state index in [4.69, 9.17) is 25.8 Å². The molecular weight excluding hydrogens is 444 g/mol. The highest BCUT2D eigenvalue weighted by atomic mass is 35.5. The smallest absolute Gasteiger partial charge is 0.407 e. The Hall–Kier alpha value is -2.93. The molecule has 0 aliphatic carbocycles. The molecule has 0 fully saturated rings. The highest BCUT2D eigenvalue weighted by Crippen LogP contribution is 2.32. The van der Waals surface area contributed by atoms with Gasteiger partial charge in [-0.3, -0.25) is 4.79 Å². The van der Waals surface area contributed by atoms with Crippen molar-refractivity contribution in [1.29, 1.82) is 0 Å². The fourth-order valence-electron chi connectivity index (χ4n) is 2.93. The summed E-state index contributed by atoms with van der Waals surface area (Å²) in [5, 5.41) is 6.60. The molecule has 180 valence electrons. The number of ether oxygens (including phenoxy) is 3. The first-order valence-electron chi connectivity index (χ1n) is 11.1. The van der Waals surface area contributed by atoms with Crippen LogP contribution in [0.3, 0.4) is 0 Å². The van der Waals surface area contributed by atoms with E-state index in [1.165, 1.54) is 0 Å². The zero-order valence-electron chi connectivity index (χ0n) is 19.7. The molecule has 0 atom stereocenters. The van der Waals surface area contributed by atoms with E-state index in [1.807, 2.05) is 51.1 Å². The van der Waals surface area contributed by atoms with Crippen molar-refractivity contribution in [3.8, 4) is 11.5 Å². The first-order chi connectivity index (χ1) is 15.7. The van der Waals surface area contributed by atoms with Gasteiger partial charge in [-0.1, -0.05) is 23.7 Å². The maximum Gasteiger partial charge on any atom is 0.407 e. The lowest BCUT2D eigenvalue weighted by molar-refractivity contribution is -0.143. The average Bonchev–Trinajstić information content (AvgIpc) is 2.72. The van der Waals surface area contributed by atoms with Crippen LogP contribution in [0.2, 0.25) is 5.02 Å². The average molecular weight is 477 g/mol. The van der Waals surface area contributed by atoms with Gasteiger partial charge in [-0.2, -0.15) is 0 Å². The van der Waals surface area contributed by atoms with Gasteiger partial charge in [-0.15, -0.1) is 0 Å². The van der Waals surface area contributed by atoms with E-state index in [-0.39, 0.29) is 5.97 Å². The standard InChI is InChI=1S/C25H33ClN2O5/c1-5-31-23(29)10-7-14-27-21-12-11-19(26)17-22(21)32-20-9-6-8-18(16-20)13-15-28-24(30)33-25(2,3)4/h6,8-9,11-12,16-17,27H,5,7,10,13-15H2,1-4H3,(H,28,30). The van der Waals surface area contributed by atoms with Gasteiger partial charge in [0.2, 0.25) is 0 Å². The number of amides is 1. The van der Waals surface area contributed by atoms with Crippen LogP contribution < -0.4 is 15.4 Å². The van der Waals surface area contributed by atoms with Gasteiger partial charge >= 0.3 is 12.1 Å². The van der Waals surface area contributed by atoms with Gasteiger partial charge in [-0.25, -0.2) is 4.79 Å². The first kappa shape index (κ1) is 26.3. The van der Waals surface area contributed by atoms with Crippen LogP contribution in [0.25, 0.3) is 0 Å². The second kappa shape index (κ2) is 12.9. The number of halogens is 1. The zero-order valence-corrected chi connectivity index (χ0v) is 20.5. The van der Waals surface area contributed by atoms with E-state index in [0.717, 1.165) is 11.3 Å². The predicted molar refractivity (Wildman–Crippen MR) is 130 cm³/mol. The third kappa shape index (κ3) is 10.5. The van der Waals surface area contributed by atoms with Crippen molar-refractivity contribution in [2.24, 2.45) is 0 Å². The third-order valence-corrected chi connectivity index (χ3v) is 4.57. The summed E-state index contributed by atoms with van der Waals surface area (Å²) in [4.78, 5) is 23.3. The van der Waals surface area contributed by atoms with Crippen molar-refractivity contribution in [3.05, 3.63) is 53.1 Å². The summed E-state index contributed by atoms with van der Waals surface area (Å²) in [5.74, 6) is 1.04. The number of nitrogens with one attached hydrogen (secondary N) is 2. The molecule has 2 aromatic carbocycles. The first-order valence-corrected chi connectivity index (χ1v) is 11.5. The van der Waals surface area contributed by atoms with Crippen molar-refractivity contribution in [2.45, 2.75) is 52.6 Å². The summed E-state index contributed by atoms with van der Waals surface area (Å²) in [6.45, 7) is 8.69. The van der Waals surface area contributed by atoms with Gasteiger partial charge in [0.05, 0.1) is 12.3 Å². The minimum Gasteiger partial charge on any atom is -0.466 e. The topological polar surface area (TPSA) is 85.9 Å². The van der Waals surface area contributed by atoms with Crippen LogP contribution in [0, 0.1) is 0 Å². The Balaban J connectivity index is 1.93. The van der Waals surface area contributed by atoms with E-state index in [1.54, 1.807) is 19.1 Å². The van der Waals surface area contributed by atoms with Crippen LogP contribution in [-0.4, -0.2) is 37.4 Å². The van der Waals surface area contributed by atoms with Gasteiger partial charge in [0.25, 0.3) is 0 Å². The molecule has 2 rings (SSSR count). The number of hydrogen-bond donors (Lipinski definition) is 2. The van der Waals surface area contributed by atoms with E-state index in [9.17, 15) is 9.59 Å². The van der Waals surface area contributed by atoms with E-state index in [2.05, 4.69) is 10.6 Å². The second-order valence-electron chi connectivity index (χ2n) is 8.40. The van der Waals surface area contributed by atoms with Gasteiger partial charge in [-0.05, 0) is 70.4 Å². The SMILES string of the molecule is CCOC(=O)CCCNc1ccc(Cl)cc1Oc1cccc(CCNC(=O)OC(C)(C)C)c1. The Labute approximate surface area is 200 Å². The molecule has 0 bridgehead atoms. The molecule has 1 amide bonds. The van der Waals surface area contributed by atoms with Crippen LogP contribution in [0.4, 0.5) is 10.5 Å². The molecule has 0 saturated heterocycles. The third-order valence-electron chi connectivity index (χ3n) is 4.33. The molecule has 8 heteroatoms. The molecule has 0 aliphatic rings. The number of alkyl carbamates (subject to hydrolysis) is 1. The molecule has 7 nitrogen and oxygen atoms in total. The quantitative estimate of drug-likeness (QED) is 0.307. The minimum absolute atomic E-state index is 0.204. The number of benzene rings is 2. The van der Waals surface area contributed by atoms with Crippen LogP contribution in [-0.2, 0) is 20.7 Å². The predicted octanol–water partition coefficient (Wildman–Crippen LogP) is 5.95. The zero-order chi connectivity index (χ0) is 24.3. The van der Waals surface area contributed by atoms with Gasteiger partial charge < -0.3 is 24.8 Å². The Morgan fingerprint density at radius 3 is 2.58 bits per heavy atom. The highest BCUT2D eigenvalue weighted by Gasteiger charge is 2.15. The molecule has 0 unspecified atom stereocenters. The number of carbonyl (C=O) groups excluding carboxylic acids is 2. The molecule has 0 heterocycles. The Morgan fingerprint density at radius 2 is 1.85 bits per heavy atom. The summed E-state index contributed by atoms with van der Waals surface area (Å²) in [7, 11) is 0. The molecule has 0 radical (unpaired) electrons. The van der Waals surface area contributed by atoms with Crippen LogP contribution >= 0.6 is 11.6 Å². The maximum absolute atomic E-state index is 11.8. The summed E-state index contributed by atoms with van der Waals surface area (Å²) < 4.78 is 16.3. The Kier molecular flexibility index (Phi) is 10.3. The summed E-state index contributed by atoms with van der Waals surface area (Å²) in [6, 6.07) is 13.0. The lowest BCUT2D eigenvalue weighted by Gasteiger charge is -2.19. The van der Waals surface area contributed by atoms with E-state index in [0.29, 0.717) is 55.5 Å². The fourth-order valence-corrected chi connectivity index (χ4v) is 3.09. The highest BCUT2D eigenvalue weighted by molar-refractivity contribution is 6.30. The number of esters is 1. The number of hydrogen-bond acceptors (Lipinski definition) is 6. The van der Waals surface area contributed by atoms with Gasteiger partial charge in [0, 0.05) is 30.6 Å². The molecule has 0 aliphatic heterocycles. The molecule has 2 N–H and O–H groups in total. The maximum atomic E-state index is 11.8. The van der Waals surface area contributed by atoms with Crippen LogP contribution in [0.1, 0.15) is 46.1 Å². The van der Waals surface area contributed by atoms with Crippen molar-refractivity contribution >= 4 is 29.4 Å². The van der Waals surface area contributed by atoms with Gasteiger partial charge in [0.15, 0.2) is 5.75 Å². The van der Waals surface area contributed by atoms with Gasteiger partial charge in [0.1, 0.15) is 11.4 Å². The number of carbonyl (C=O) groups is 2. The molecule has 0 saturated carbocycles. The molecule has 33 heavy (non-hydrogen) atoms. The Morgan fingerprint density at radius 1 is 1.06 bits per heavy atom. The number of rotatable bonds is 11. The normalized spacial score (nSPS) is 10.9. The summed E-state index contributed by atoms with van der Waals surface area (Å²) >= 11 is 6.17. The lowest BCUT2D eigenvalue weighted by Crippen LogP contribution is -2.33. The van der Waals surface area contributed by atoms with Crippen molar-refractivity contribution < 1.29 is 23.8 Å². The summed E-state index contributed by atoms with van der Waals surface area (Å²) in [6.07, 6.45) is 1.18. The molecule has 0 spiro atoms. The Bertz CT molecular complexity index is 927. The van der Waals surface area contributed by atoms with Crippen molar-refractivity contribution in [2.75, 3.05) is 25.0 Å². The van der Waals surface area contributed by atoms with E-state index >= 15 is 0 Å². The second-order valence-corrected chi connectivity index (χ2v) is 8.84. The summed E-state index contributed by atoms with van der Waals surface area (Å²) in [5.41, 5.74) is 1.26. The lowest BCUT2D eigenvalue weighted by atomic mass is 10.1. The molecule has 0 aromatic heterocycles. The molecule has 2 aromatic rings. The van der Waals surface area contributed by atoms with Crippen molar-refractivity contribution in [3.63, 3.8) is 0 Å². The van der Waals surface area contributed by atoms with Crippen LogP contribution in [0.15, 0.2) is 42.5 Å². The van der Waals surface area contributed by atoms with E-state index < -0.39 is 11.7 Å². The monoisotopic (exact) mass is 476 g/mol. The minimum atomic E-state index is -0.528. The number of anilines is 1. The fraction of sp³-hybridized carbons (Fsp3) is 0.440. The van der Waals surface area contributed by atoms with Crippen LogP contribution in [0.5, 0.6) is 11.5 Å². The van der Waals surface area contributed by atoms with Crippen molar-refractivity contribution in [1.82, 2.24) is 5.32 Å². The molecular formula is C25H33ClN2O5.